The Hall–Kier alpha value is -2.10. The molecule has 0 saturated heterocycles. The highest BCUT2D eigenvalue weighted by molar-refractivity contribution is 14.1. The molecule has 7 nitrogen and oxygen atoms in total. The molecule has 25 heavy (non-hydrogen) atoms. The van der Waals surface area contributed by atoms with Crippen LogP contribution in [-0.4, -0.2) is 30.9 Å². The number of nitrogens with zero attached hydrogens (tertiary/aromatic N) is 5. The summed E-state index contributed by atoms with van der Waals surface area (Å²) in [5, 5.41) is 8.35. The molecule has 1 saturated carbocycles. The quantitative estimate of drug-likeness (QED) is 0.618. The third-order valence-corrected chi connectivity index (χ3v) is 5.45. The van der Waals surface area contributed by atoms with Crippen LogP contribution < -0.4 is 5.73 Å². The highest BCUT2D eigenvalue weighted by Gasteiger charge is 2.29. The Kier molecular flexibility index (Phi) is 4.36. The van der Waals surface area contributed by atoms with Crippen molar-refractivity contribution in [2.24, 2.45) is 17.6 Å². The van der Waals surface area contributed by atoms with Crippen molar-refractivity contribution < 1.29 is 4.79 Å². The molecule has 1 amide bonds. The summed E-state index contributed by atoms with van der Waals surface area (Å²) in [6.45, 7) is 0. The number of nitrogens with two attached hydrogens (primary N) is 1. The van der Waals surface area contributed by atoms with E-state index in [0.717, 1.165) is 40.8 Å². The van der Waals surface area contributed by atoms with Gasteiger partial charge in [-0.25, -0.2) is 9.97 Å². The van der Waals surface area contributed by atoms with Crippen molar-refractivity contribution in [1.29, 1.82) is 0 Å². The molecule has 1 aliphatic carbocycles. The van der Waals surface area contributed by atoms with Crippen LogP contribution in [0.1, 0.15) is 25.1 Å². The van der Waals surface area contributed by atoms with Gasteiger partial charge in [0.05, 0.1) is 11.9 Å². The van der Waals surface area contributed by atoms with Gasteiger partial charge in [0.1, 0.15) is 5.82 Å². The highest BCUT2D eigenvalue weighted by Crippen LogP contribution is 2.32. The van der Waals surface area contributed by atoms with Crippen LogP contribution in [0.15, 0.2) is 30.5 Å². The smallest absolute Gasteiger partial charge is 0.220 e. The highest BCUT2D eigenvalue weighted by atomic mass is 127. The van der Waals surface area contributed by atoms with Crippen LogP contribution in [0.25, 0.3) is 16.9 Å². The van der Waals surface area contributed by atoms with Crippen LogP contribution >= 0.6 is 22.6 Å². The lowest BCUT2D eigenvalue weighted by Gasteiger charge is -2.08. The lowest BCUT2D eigenvalue weighted by atomic mass is 10.0. The van der Waals surface area contributed by atoms with Gasteiger partial charge in [0, 0.05) is 15.9 Å². The SMILES string of the molecule is NC(=O)[C@H]1CC[C@@H](Cc2ncc3nnn(-c4ccc(I)cc4)c3n2)C1. The Balaban J connectivity index is 1.60. The Morgan fingerprint density at radius 2 is 2.08 bits per heavy atom. The lowest BCUT2D eigenvalue weighted by Crippen LogP contribution is -2.21. The summed E-state index contributed by atoms with van der Waals surface area (Å²) in [5.41, 5.74) is 7.71. The van der Waals surface area contributed by atoms with Crippen LogP contribution in [0.5, 0.6) is 0 Å². The molecule has 2 atom stereocenters. The van der Waals surface area contributed by atoms with Crippen molar-refractivity contribution >= 4 is 39.7 Å². The number of halogens is 1. The number of rotatable bonds is 4. The Bertz CT molecular complexity index is 923. The number of primary amides is 1. The second-order valence-electron chi connectivity index (χ2n) is 6.46. The van der Waals surface area contributed by atoms with Gasteiger partial charge in [-0.05, 0) is 72.0 Å². The van der Waals surface area contributed by atoms with Gasteiger partial charge < -0.3 is 5.73 Å². The molecule has 2 heterocycles. The van der Waals surface area contributed by atoms with Gasteiger partial charge in [-0.3, -0.25) is 4.79 Å². The largest absolute Gasteiger partial charge is 0.369 e. The molecule has 1 fully saturated rings. The predicted molar refractivity (Wildman–Crippen MR) is 101 cm³/mol. The second kappa shape index (κ2) is 6.66. The molecule has 8 heteroatoms. The average molecular weight is 448 g/mol. The summed E-state index contributed by atoms with van der Waals surface area (Å²) in [4.78, 5) is 20.4. The molecule has 3 aromatic rings. The fourth-order valence-corrected chi connectivity index (χ4v) is 3.75. The van der Waals surface area contributed by atoms with E-state index in [1.807, 2.05) is 24.3 Å². The minimum Gasteiger partial charge on any atom is -0.369 e. The van der Waals surface area contributed by atoms with Crippen LogP contribution in [0, 0.1) is 15.4 Å². The van der Waals surface area contributed by atoms with Gasteiger partial charge in [-0.1, -0.05) is 5.21 Å². The fraction of sp³-hybridized carbons (Fsp3) is 0.353. The number of aromatic nitrogens is 5. The number of carbonyl (C=O) groups is 1. The number of hydrogen-bond acceptors (Lipinski definition) is 5. The zero-order valence-corrected chi connectivity index (χ0v) is 15.6. The van der Waals surface area contributed by atoms with E-state index in [1.54, 1.807) is 10.9 Å². The maximum absolute atomic E-state index is 11.3. The number of benzene rings is 1. The summed E-state index contributed by atoms with van der Waals surface area (Å²) in [5.74, 6) is 0.960. The second-order valence-corrected chi connectivity index (χ2v) is 7.70. The Labute approximate surface area is 158 Å². The van der Waals surface area contributed by atoms with E-state index in [9.17, 15) is 4.79 Å². The first-order valence-corrected chi connectivity index (χ1v) is 9.30. The van der Waals surface area contributed by atoms with E-state index in [2.05, 4.69) is 42.9 Å². The molecule has 4 rings (SSSR count). The number of amides is 1. The third kappa shape index (κ3) is 3.35. The zero-order chi connectivity index (χ0) is 17.4. The van der Waals surface area contributed by atoms with E-state index >= 15 is 0 Å². The van der Waals surface area contributed by atoms with Crippen LogP contribution in [0.2, 0.25) is 0 Å². The molecule has 128 valence electrons. The Morgan fingerprint density at radius 3 is 2.80 bits per heavy atom. The van der Waals surface area contributed by atoms with Crippen molar-refractivity contribution in [3.05, 3.63) is 39.9 Å². The molecular formula is C17H17IN6O. The molecule has 0 aliphatic heterocycles. The molecule has 0 bridgehead atoms. The van der Waals surface area contributed by atoms with Crippen LogP contribution in [0.3, 0.4) is 0 Å². The molecule has 2 aromatic heterocycles. The van der Waals surface area contributed by atoms with Gasteiger partial charge in [0.25, 0.3) is 0 Å². The number of fused-ring (bicyclic) bond motifs is 1. The average Bonchev–Trinajstić information content (AvgIpc) is 3.22. The number of carbonyl (C=O) groups excluding carboxylic acids is 1. The van der Waals surface area contributed by atoms with Crippen molar-refractivity contribution in [3.8, 4) is 5.69 Å². The monoisotopic (exact) mass is 448 g/mol. The van der Waals surface area contributed by atoms with E-state index in [4.69, 9.17) is 5.73 Å². The lowest BCUT2D eigenvalue weighted by molar-refractivity contribution is -0.121. The molecule has 1 aromatic carbocycles. The van der Waals surface area contributed by atoms with Crippen molar-refractivity contribution in [3.63, 3.8) is 0 Å². The molecule has 1 aliphatic rings. The van der Waals surface area contributed by atoms with E-state index < -0.39 is 0 Å². The van der Waals surface area contributed by atoms with Gasteiger partial charge in [0.2, 0.25) is 5.91 Å². The van der Waals surface area contributed by atoms with Crippen molar-refractivity contribution in [2.45, 2.75) is 25.7 Å². The molecular weight excluding hydrogens is 431 g/mol. The summed E-state index contributed by atoms with van der Waals surface area (Å²) < 4.78 is 2.89. The molecule has 0 unspecified atom stereocenters. The molecule has 0 spiro atoms. The normalized spacial score (nSPS) is 20.2. The minimum absolute atomic E-state index is 0.00674. The standard InChI is InChI=1S/C17H17IN6O/c18-12-3-5-13(6-4-12)24-17-14(22-23-24)9-20-15(21-17)8-10-1-2-11(7-10)16(19)25/h3-6,9-11H,1-2,7-8H2,(H2,19,25)/t10-,11+/m1/s1. The maximum Gasteiger partial charge on any atom is 0.220 e. The Morgan fingerprint density at radius 1 is 1.28 bits per heavy atom. The fourth-order valence-electron chi connectivity index (χ4n) is 3.39. The third-order valence-electron chi connectivity index (χ3n) is 4.73. The van der Waals surface area contributed by atoms with Crippen LogP contribution in [0.4, 0.5) is 0 Å². The van der Waals surface area contributed by atoms with Crippen LogP contribution in [-0.2, 0) is 11.2 Å². The summed E-state index contributed by atoms with van der Waals surface area (Å²) in [7, 11) is 0. The number of hydrogen-bond donors (Lipinski definition) is 1. The van der Waals surface area contributed by atoms with Crippen molar-refractivity contribution in [1.82, 2.24) is 25.0 Å². The summed E-state index contributed by atoms with van der Waals surface area (Å²) in [6.07, 6.45) is 5.14. The first kappa shape index (κ1) is 16.4. The van der Waals surface area contributed by atoms with Gasteiger partial charge >= 0.3 is 0 Å². The summed E-state index contributed by atoms with van der Waals surface area (Å²) in [6, 6.07) is 8.03. The predicted octanol–water partition coefficient (Wildman–Crippen LogP) is 2.26. The minimum atomic E-state index is -0.195. The van der Waals surface area contributed by atoms with Gasteiger partial charge in [-0.15, -0.1) is 5.10 Å². The van der Waals surface area contributed by atoms with E-state index in [-0.39, 0.29) is 11.8 Å². The first-order valence-electron chi connectivity index (χ1n) is 8.23. The molecule has 0 radical (unpaired) electrons. The maximum atomic E-state index is 11.3. The topological polar surface area (TPSA) is 99.6 Å². The molecule has 2 N–H and O–H groups in total. The zero-order valence-electron chi connectivity index (χ0n) is 13.5. The van der Waals surface area contributed by atoms with Crippen molar-refractivity contribution in [2.75, 3.05) is 0 Å². The van der Waals surface area contributed by atoms with E-state index in [0.29, 0.717) is 17.1 Å². The van der Waals surface area contributed by atoms with Gasteiger partial charge in [-0.2, -0.15) is 4.68 Å². The van der Waals surface area contributed by atoms with Gasteiger partial charge in [0.15, 0.2) is 11.2 Å². The van der Waals surface area contributed by atoms with E-state index in [1.165, 1.54) is 0 Å². The summed E-state index contributed by atoms with van der Waals surface area (Å²) >= 11 is 2.27. The first-order chi connectivity index (χ1) is 12.1.